The second kappa shape index (κ2) is 3.37. The first-order valence-corrected chi connectivity index (χ1v) is 6.03. The normalized spacial score (nSPS) is 35.4. The first-order valence-electron chi connectivity index (χ1n) is 3.93. The molecule has 0 radical (unpaired) electrons. The number of thioether (sulfide) groups is 2. The summed E-state index contributed by atoms with van der Waals surface area (Å²) in [6.45, 7) is 1.25. The van der Waals surface area contributed by atoms with E-state index in [4.69, 9.17) is 0 Å². The zero-order valence-corrected chi connectivity index (χ0v) is 7.64. The second-order valence-electron chi connectivity index (χ2n) is 2.81. The van der Waals surface area contributed by atoms with Crippen LogP contribution in [0.5, 0.6) is 0 Å². The van der Waals surface area contributed by atoms with Gasteiger partial charge in [0, 0.05) is 17.5 Å². The molecule has 2 aliphatic heterocycles. The van der Waals surface area contributed by atoms with E-state index in [1.165, 1.54) is 30.9 Å². The average Bonchev–Trinajstić information content (AvgIpc) is 2.59. The molecule has 0 aromatic rings. The molecule has 0 saturated carbocycles. The van der Waals surface area contributed by atoms with Gasteiger partial charge in [-0.05, 0) is 19.4 Å². The molecule has 2 fully saturated rings. The van der Waals surface area contributed by atoms with Crippen molar-refractivity contribution in [2.75, 3.05) is 18.1 Å². The largest absolute Gasteiger partial charge is 0.312 e. The van der Waals surface area contributed by atoms with Crippen LogP contribution in [0.25, 0.3) is 0 Å². The van der Waals surface area contributed by atoms with E-state index in [2.05, 4.69) is 28.8 Å². The van der Waals surface area contributed by atoms with Crippen LogP contribution in [-0.4, -0.2) is 28.7 Å². The molecule has 10 heavy (non-hydrogen) atoms. The summed E-state index contributed by atoms with van der Waals surface area (Å²) in [5.41, 5.74) is 0. The minimum absolute atomic E-state index is 0.831. The highest BCUT2D eigenvalue weighted by molar-refractivity contribution is 8.20. The van der Waals surface area contributed by atoms with Gasteiger partial charge in [-0.1, -0.05) is 0 Å². The summed E-state index contributed by atoms with van der Waals surface area (Å²) in [4.78, 5) is 0. The van der Waals surface area contributed by atoms with Gasteiger partial charge in [-0.25, -0.2) is 0 Å². The van der Waals surface area contributed by atoms with Crippen LogP contribution in [0.2, 0.25) is 0 Å². The van der Waals surface area contributed by atoms with Crippen molar-refractivity contribution in [3.63, 3.8) is 0 Å². The standard InChI is InChI=1S/C7H13NS2/c1-2-6(8-3-1)7-9-4-5-10-7/h6-8H,1-5H2/t6-/m1/s1. The molecule has 2 heterocycles. The molecule has 3 heteroatoms. The van der Waals surface area contributed by atoms with E-state index in [-0.39, 0.29) is 0 Å². The van der Waals surface area contributed by atoms with Gasteiger partial charge in [0.15, 0.2) is 0 Å². The summed E-state index contributed by atoms with van der Waals surface area (Å²) < 4.78 is 0.877. The highest BCUT2D eigenvalue weighted by atomic mass is 32.2. The van der Waals surface area contributed by atoms with E-state index in [9.17, 15) is 0 Å². The number of hydrogen-bond donors (Lipinski definition) is 1. The fourth-order valence-electron chi connectivity index (χ4n) is 1.55. The van der Waals surface area contributed by atoms with Gasteiger partial charge in [-0.2, -0.15) is 0 Å². The molecule has 0 unspecified atom stereocenters. The van der Waals surface area contributed by atoms with Crippen LogP contribution in [0.1, 0.15) is 12.8 Å². The average molecular weight is 175 g/mol. The first kappa shape index (κ1) is 7.32. The lowest BCUT2D eigenvalue weighted by molar-refractivity contribution is 0.656. The maximum absolute atomic E-state index is 3.56. The molecular weight excluding hydrogens is 162 g/mol. The lowest BCUT2D eigenvalue weighted by Crippen LogP contribution is -2.29. The smallest absolute Gasteiger partial charge is 0.0655 e. The Morgan fingerprint density at radius 1 is 1.20 bits per heavy atom. The van der Waals surface area contributed by atoms with Crippen LogP contribution in [0.3, 0.4) is 0 Å². The highest BCUT2D eigenvalue weighted by Gasteiger charge is 2.27. The molecule has 0 amide bonds. The van der Waals surface area contributed by atoms with Crippen molar-refractivity contribution >= 4 is 23.5 Å². The Morgan fingerprint density at radius 3 is 2.60 bits per heavy atom. The molecule has 0 bridgehead atoms. The third-order valence-electron chi connectivity index (χ3n) is 2.07. The highest BCUT2D eigenvalue weighted by Crippen LogP contribution is 2.36. The molecule has 0 aliphatic carbocycles. The van der Waals surface area contributed by atoms with Gasteiger partial charge in [0.05, 0.1) is 4.58 Å². The fourth-order valence-corrected chi connectivity index (χ4v) is 4.68. The minimum Gasteiger partial charge on any atom is -0.312 e. The summed E-state index contributed by atoms with van der Waals surface area (Å²) in [5, 5.41) is 3.56. The van der Waals surface area contributed by atoms with Crippen LogP contribution in [-0.2, 0) is 0 Å². The predicted molar refractivity (Wildman–Crippen MR) is 49.7 cm³/mol. The molecule has 2 saturated heterocycles. The van der Waals surface area contributed by atoms with E-state index < -0.39 is 0 Å². The number of rotatable bonds is 1. The van der Waals surface area contributed by atoms with Crippen molar-refractivity contribution in [3.8, 4) is 0 Å². The summed E-state index contributed by atoms with van der Waals surface area (Å²) in [7, 11) is 0. The van der Waals surface area contributed by atoms with E-state index >= 15 is 0 Å². The molecule has 0 spiro atoms. The van der Waals surface area contributed by atoms with Crippen LogP contribution in [0, 0.1) is 0 Å². The minimum atomic E-state index is 0.831. The summed E-state index contributed by atoms with van der Waals surface area (Å²) in [6, 6.07) is 0.831. The summed E-state index contributed by atoms with van der Waals surface area (Å²) >= 11 is 4.28. The Bertz CT molecular complexity index is 92.2. The second-order valence-corrected chi connectivity index (χ2v) is 5.61. The maximum Gasteiger partial charge on any atom is 0.0655 e. The molecule has 1 atom stereocenters. The molecule has 1 N–H and O–H groups in total. The molecule has 1 nitrogen and oxygen atoms in total. The Morgan fingerprint density at radius 2 is 2.00 bits per heavy atom. The monoisotopic (exact) mass is 175 g/mol. The topological polar surface area (TPSA) is 12.0 Å². The zero-order chi connectivity index (χ0) is 6.81. The van der Waals surface area contributed by atoms with Gasteiger partial charge in [0.1, 0.15) is 0 Å². The number of nitrogens with one attached hydrogen (secondary N) is 1. The molecule has 2 aliphatic rings. The van der Waals surface area contributed by atoms with Gasteiger partial charge >= 0.3 is 0 Å². The summed E-state index contributed by atoms with van der Waals surface area (Å²) in [6.07, 6.45) is 2.80. The van der Waals surface area contributed by atoms with Crippen LogP contribution in [0.4, 0.5) is 0 Å². The van der Waals surface area contributed by atoms with Crippen molar-refractivity contribution in [2.24, 2.45) is 0 Å². The molecule has 2 rings (SSSR count). The van der Waals surface area contributed by atoms with E-state index in [0.29, 0.717) is 0 Å². The van der Waals surface area contributed by atoms with Crippen LogP contribution >= 0.6 is 23.5 Å². The fraction of sp³-hybridized carbons (Fsp3) is 1.00. The van der Waals surface area contributed by atoms with Gasteiger partial charge in [0.2, 0.25) is 0 Å². The Hall–Kier alpha value is 0.660. The van der Waals surface area contributed by atoms with Gasteiger partial charge < -0.3 is 5.32 Å². The number of hydrogen-bond acceptors (Lipinski definition) is 3. The van der Waals surface area contributed by atoms with Crippen molar-refractivity contribution < 1.29 is 0 Å². The summed E-state index contributed by atoms with van der Waals surface area (Å²) in [5.74, 6) is 2.74. The molecule has 0 aromatic carbocycles. The lowest BCUT2D eigenvalue weighted by Gasteiger charge is -2.15. The Kier molecular flexibility index (Phi) is 2.47. The Labute approximate surface area is 70.7 Å². The molecule has 58 valence electrons. The van der Waals surface area contributed by atoms with Gasteiger partial charge in [0.25, 0.3) is 0 Å². The van der Waals surface area contributed by atoms with E-state index in [0.717, 1.165) is 10.6 Å². The zero-order valence-electron chi connectivity index (χ0n) is 6.01. The third kappa shape index (κ3) is 1.46. The molecule has 0 aromatic heterocycles. The maximum atomic E-state index is 3.56. The first-order chi connectivity index (χ1) is 4.97. The van der Waals surface area contributed by atoms with Crippen molar-refractivity contribution in [2.45, 2.75) is 23.5 Å². The lowest BCUT2D eigenvalue weighted by atomic mass is 10.2. The predicted octanol–water partition coefficient (Wildman–Crippen LogP) is 1.54. The third-order valence-corrected chi connectivity index (χ3v) is 5.34. The van der Waals surface area contributed by atoms with E-state index in [1.54, 1.807) is 0 Å². The van der Waals surface area contributed by atoms with Crippen molar-refractivity contribution in [3.05, 3.63) is 0 Å². The van der Waals surface area contributed by atoms with Gasteiger partial charge in [-0.3, -0.25) is 0 Å². The van der Waals surface area contributed by atoms with E-state index in [1.807, 2.05) is 0 Å². The van der Waals surface area contributed by atoms with Crippen molar-refractivity contribution in [1.29, 1.82) is 0 Å². The SMILES string of the molecule is C1CN[C@@H](C2SCCS2)C1. The van der Waals surface area contributed by atoms with Crippen LogP contribution < -0.4 is 5.32 Å². The molecular formula is C7H13NS2. The van der Waals surface area contributed by atoms with Crippen molar-refractivity contribution in [1.82, 2.24) is 5.32 Å². The quantitative estimate of drug-likeness (QED) is 0.649. The Balaban J connectivity index is 1.85. The van der Waals surface area contributed by atoms with Gasteiger partial charge in [-0.15, -0.1) is 23.5 Å². The van der Waals surface area contributed by atoms with Crippen LogP contribution in [0.15, 0.2) is 0 Å².